The molecule has 1 aromatic heterocycles. The van der Waals surface area contributed by atoms with Crippen molar-refractivity contribution in [2.75, 3.05) is 65.4 Å². The summed E-state index contributed by atoms with van der Waals surface area (Å²) in [6.45, 7) is 8.41. The molecule has 0 unspecified atom stereocenters. The van der Waals surface area contributed by atoms with Gasteiger partial charge >= 0.3 is 6.01 Å². The highest BCUT2D eigenvalue weighted by molar-refractivity contribution is 5.98. The van der Waals surface area contributed by atoms with Gasteiger partial charge in [0.2, 0.25) is 0 Å². The summed E-state index contributed by atoms with van der Waals surface area (Å²) >= 11 is 0. The summed E-state index contributed by atoms with van der Waals surface area (Å²) in [5.74, 6) is 3.37. The molecule has 7 rings (SSSR count). The highest BCUT2D eigenvalue weighted by Crippen LogP contribution is 2.47. The van der Waals surface area contributed by atoms with E-state index in [0.717, 1.165) is 80.8 Å². The van der Waals surface area contributed by atoms with Gasteiger partial charge in [-0.3, -0.25) is 14.6 Å². The smallest absolute Gasteiger partial charge is 0.318 e. The van der Waals surface area contributed by atoms with Crippen molar-refractivity contribution in [2.24, 2.45) is 0 Å². The van der Waals surface area contributed by atoms with Gasteiger partial charge in [-0.1, -0.05) is 51.6 Å². The van der Waals surface area contributed by atoms with Crippen molar-refractivity contribution in [3.63, 3.8) is 0 Å². The summed E-state index contributed by atoms with van der Waals surface area (Å²) in [6, 6.07) is 9.20. The number of hydrogen-bond donors (Lipinski definition) is 1. The third-order valence-electron chi connectivity index (χ3n) is 11.4. The molecule has 5 aliphatic rings. The van der Waals surface area contributed by atoms with Crippen molar-refractivity contribution in [1.29, 1.82) is 0 Å². The van der Waals surface area contributed by atoms with Gasteiger partial charge in [0.05, 0.1) is 28.9 Å². The number of nitrogens with zero attached hydrogens (tertiary/aromatic N) is 6. The number of anilines is 1. The number of terminal acetylenes is 1. The number of aromatic nitrogens is 2. The Morgan fingerprint density at radius 1 is 1.16 bits per heavy atom. The van der Waals surface area contributed by atoms with E-state index in [0.29, 0.717) is 56.4 Å². The molecule has 1 aliphatic carbocycles. The Kier molecular flexibility index (Phi) is 11.0. The normalized spacial score (nSPS) is 26.9. The highest BCUT2D eigenvalue weighted by atomic mass is 19.1. The maximum atomic E-state index is 14.6. The molecule has 0 bridgehead atoms. The molecule has 0 saturated carbocycles. The van der Waals surface area contributed by atoms with Crippen molar-refractivity contribution in [1.82, 2.24) is 30.0 Å². The number of fused-ring (bicyclic) bond motifs is 4. The zero-order valence-electron chi connectivity index (χ0n) is 28.7. The molecule has 50 heavy (non-hydrogen) atoms. The first-order valence-corrected chi connectivity index (χ1v) is 17.4. The lowest BCUT2D eigenvalue weighted by Gasteiger charge is -2.49. The molecule has 3 atom stereocenters. The van der Waals surface area contributed by atoms with E-state index < -0.39 is 6.17 Å². The predicted octanol–water partition coefficient (Wildman–Crippen LogP) is 5.26. The van der Waals surface area contributed by atoms with Crippen LogP contribution in [0.3, 0.4) is 0 Å². The lowest BCUT2D eigenvalue weighted by molar-refractivity contribution is -0.124. The van der Waals surface area contributed by atoms with Crippen LogP contribution in [0.2, 0.25) is 0 Å². The van der Waals surface area contributed by atoms with Crippen molar-refractivity contribution in [3.8, 4) is 18.4 Å². The summed E-state index contributed by atoms with van der Waals surface area (Å²) in [7, 11) is 5.63. The van der Waals surface area contributed by atoms with Gasteiger partial charge < -0.3 is 19.9 Å². The van der Waals surface area contributed by atoms with Gasteiger partial charge in [-0.05, 0) is 63.2 Å². The lowest BCUT2D eigenvalue weighted by Crippen LogP contribution is -2.51. The molecule has 1 N–H and O–H groups in total. The standard InChI is InChI=1S/C38H48FN7O2.2CH4/c1-6-29(26(2)35(47)43(3)4)33-24-45(18-11-17-40-33)34-30-23-44(5)38(16-9-13-27-12-7-8-14-31(27)38)21-32(30)41-36(42-34)48-25-37-15-10-19-46(37)22-28(39)20-37;;/h1,7-8,12,14,28,40H,2,9-11,13,15-25H2,3-5H3;2*1H4/b33-29-;;/t28-,37+,38+;;/m1../s1. The lowest BCUT2D eigenvalue weighted by atomic mass is 9.71. The van der Waals surface area contributed by atoms with E-state index in [1.807, 2.05) is 0 Å². The molecule has 1 amide bonds. The van der Waals surface area contributed by atoms with Crippen LogP contribution >= 0.6 is 0 Å². The molecule has 2 aromatic rings. The third-order valence-corrected chi connectivity index (χ3v) is 11.4. The average Bonchev–Trinajstić information content (AvgIpc) is 3.49. The number of likely N-dealkylation sites (N-methyl/N-ethyl adjacent to an activating group) is 2. The minimum atomic E-state index is -0.829. The molecule has 1 spiro atoms. The van der Waals surface area contributed by atoms with Crippen LogP contribution in [0.4, 0.5) is 10.2 Å². The fraction of sp³-hybridized carbons (Fsp3) is 0.575. The van der Waals surface area contributed by atoms with E-state index in [2.05, 4.69) is 63.8 Å². The summed E-state index contributed by atoms with van der Waals surface area (Å²) in [5.41, 5.74) is 6.00. The van der Waals surface area contributed by atoms with Gasteiger partial charge in [-0.25, -0.2) is 4.39 Å². The van der Waals surface area contributed by atoms with E-state index in [4.69, 9.17) is 21.1 Å². The molecule has 5 heterocycles. The largest absolute Gasteiger partial charge is 0.461 e. The van der Waals surface area contributed by atoms with Crippen LogP contribution < -0.4 is 15.0 Å². The molecule has 3 saturated heterocycles. The number of nitrogens with one attached hydrogen (secondary N) is 1. The third kappa shape index (κ3) is 6.51. The van der Waals surface area contributed by atoms with Crippen molar-refractivity contribution in [3.05, 3.63) is 70.1 Å². The second kappa shape index (κ2) is 14.7. The fourth-order valence-electron chi connectivity index (χ4n) is 8.97. The number of carbonyl (C=O) groups is 1. The van der Waals surface area contributed by atoms with E-state index in [1.165, 1.54) is 16.0 Å². The zero-order chi connectivity index (χ0) is 33.6. The van der Waals surface area contributed by atoms with Gasteiger partial charge in [0.25, 0.3) is 5.91 Å². The second-order valence-electron chi connectivity index (χ2n) is 14.6. The fourth-order valence-corrected chi connectivity index (χ4v) is 8.97. The molecule has 4 aliphatic heterocycles. The van der Waals surface area contributed by atoms with E-state index in [9.17, 15) is 9.18 Å². The quantitative estimate of drug-likeness (QED) is 0.327. The molecule has 270 valence electrons. The van der Waals surface area contributed by atoms with Gasteiger partial charge in [0.15, 0.2) is 0 Å². The number of halogens is 1. The second-order valence-corrected chi connectivity index (χ2v) is 14.6. The Labute approximate surface area is 299 Å². The van der Waals surface area contributed by atoms with Gasteiger partial charge in [-0.15, -0.1) is 6.42 Å². The first-order valence-electron chi connectivity index (χ1n) is 17.4. The minimum absolute atomic E-state index is 0. The van der Waals surface area contributed by atoms with Crippen LogP contribution in [-0.4, -0.2) is 103 Å². The Bertz CT molecular complexity index is 1680. The zero-order valence-corrected chi connectivity index (χ0v) is 28.7. The van der Waals surface area contributed by atoms with Gasteiger partial charge in [0, 0.05) is 69.9 Å². The Morgan fingerprint density at radius 3 is 2.74 bits per heavy atom. The van der Waals surface area contributed by atoms with Crippen molar-refractivity contribution >= 4 is 11.7 Å². The topological polar surface area (TPSA) is 77.1 Å². The van der Waals surface area contributed by atoms with Crippen LogP contribution in [0.1, 0.15) is 75.8 Å². The van der Waals surface area contributed by atoms with E-state index in [-0.39, 0.29) is 31.8 Å². The maximum Gasteiger partial charge on any atom is 0.318 e. The van der Waals surface area contributed by atoms with E-state index >= 15 is 0 Å². The predicted molar refractivity (Wildman–Crippen MR) is 199 cm³/mol. The summed E-state index contributed by atoms with van der Waals surface area (Å²) < 4.78 is 21.2. The number of carbonyl (C=O) groups excluding carboxylic acids is 1. The molecule has 1 aromatic carbocycles. The van der Waals surface area contributed by atoms with Gasteiger partial charge in [0.1, 0.15) is 18.6 Å². The number of benzene rings is 1. The minimum Gasteiger partial charge on any atom is -0.461 e. The van der Waals surface area contributed by atoms with Crippen LogP contribution in [0, 0.1) is 12.3 Å². The van der Waals surface area contributed by atoms with Crippen LogP contribution in [0.5, 0.6) is 6.01 Å². The van der Waals surface area contributed by atoms with Crippen molar-refractivity contribution < 1.29 is 13.9 Å². The molecule has 0 radical (unpaired) electrons. The van der Waals surface area contributed by atoms with Gasteiger partial charge in [-0.2, -0.15) is 9.97 Å². The number of ether oxygens (including phenoxy) is 1. The molecule has 9 nitrogen and oxygen atoms in total. The Balaban J connectivity index is 0.00000243. The van der Waals surface area contributed by atoms with E-state index in [1.54, 1.807) is 14.1 Å². The maximum absolute atomic E-state index is 14.6. The first kappa shape index (κ1) is 37.3. The molecule has 3 fully saturated rings. The monoisotopic (exact) mass is 685 g/mol. The number of rotatable bonds is 6. The van der Waals surface area contributed by atoms with Crippen molar-refractivity contribution in [2.45, 2.75) is 90.0 Å². The van der Waals surface area contributed by atoms with Crippen LogP contribution in [0.15, 0.2) is 47.7 Å². The molecule has 10 heteroatoms. The molecular weight excluding hydrogens is 629 g/mol. The Hall–Kier alpha value is -3.94. The summed E-state index contributed by atoms with van der Waals surface area (Å²) in [6.07, 6.45) is 12.5. The highest BCUT2D eigenvalue weighted by Gasteiger charge is 2.50. The summed E-state index contributed by atoms with van der Waals surface area (Å²) in [5, 5.41) is 3.50. The number of hydrogen-bond acceptors (Lipinski definition) is 8. The molecular formula is C40H56FN7O2. The number of alkyl halides is 1. The summed E-state index contributed by atoms with van der Waals surface area (Å²) in [4.78, 5) is 31.7. The number of aryl methyl sites for hydroxylation is 1. The first-order chi connectivity index (χ1) is 23.1. The SMILES string of the molecule is C.C.C#C/C(C(=C)C(=O)N(C)C)=C1\CN(c2nc(OC[C@@]34CCCN3C[C@H](F)C4)nc3c2CN(C)[C@@]2(CCCc4ccccc42)C3)CCCN1. The van der Waals surface area contributed by atoms with Crippen LogP contribution in [0.25, 0.3) is 0 Å². The number of amides is 1. The average molecular weight is 686 g/mol. The van der Waals surface area contributed by atoms with Crippen LogP contribution in [-0.2, 0) is 29.7 Å². The Morgan fingerprint density at radius 2 is 1.96 bits per heavy atom.